The smallest absolute Gasteiger partial charge is 0.330 e. The van der Waals surface area contributed by atoms with Crippen molar-refractivity contribution in [3.63, 3.8) is 0 Å². The van der Waals surface area contributed by atoms with Crippen molar-refractivity contribution in [2.24, 2.45) is 0 Å². The molecule has 0 radical (unpaired) electrons. The van der Waals surface area contributed by atoms with Gasteiger partial charge in [-0.05, 0) is 53.4 Å². The van der Waals surface area contributed by atoms with Crippen LogP contribution in [-0.2, 0) is 17.4 Å². The average Bonchev–Trinajstić information content (AvgIpc) is 2.79. The lowest BCUT2D eigenvalue weighted by Gasteiger charge is -2.45. The number of fused-ring (bicyclic) bond motifs is 4. The van der Waals surface area contributed by atoms with Gasteiger partial charge in [0.25, 0.3) is 5.91 Å². The van der Waals surface area contributed by atoms with Crippen molar-refractivity contribution in [3.05, 3.63) is 101 Å². The molecular formula is C25H19F3N2O2. The van der Waals surface area contributed by atoms with E-state index in [1.807, 2.05) is 24.3 Å². The summed E-state index contributed by atoms with van der Waals surface area (Å²) < 4.78 is 38.6. The molecule has 2 aliphatic rings. The van der Waals surface area contributed by atoms with E-state index in [2.05, 4.69) is 5.32 Å². The van der Waals surface area contributed by atoms with Crippen molar-refractivity contribution in [2.45, 2.75) is 24.6 Å². The number of carbonyl (C=O) groups excluding carboxylic acids is 2. The van der Waals surface area contributed by atoms with Crippen molar-refractivity contribution in [2.75, 3.05) is 11.9 Å². The highest BCUT2D eigenvalue weighted by Gasteiger charge is 2.46. The fourth-order valence-corrected chi connectivity index (χ4v) is 4.72. The highest BCUT2D eigenvalue weighted by atomic mass is 19.4. The molecule has 2 amide bonds. The summed E-state index contributed by atoms with van der Waals surface area (Å²) in [6, 6.07) is 18.7. The number of carbonyl (C=O) groups is 2. The van der Waals surface area contributed by atoms with Gasteiger partial charge in [0, 0.05) is 17.8 Å². The van der Waals surface area contributed by atoms with Crippen LogP contribution >= 0.6 is 0 Å². The number of hydrogen-bond acceptors (Lipinski definition) is 2. The van der Waals surface area contributed by atoms with Gasteiger partial charge in [0.1, 0.15) is 0 Å². The van der Waals surface area contributed by atoms with Crippen molar-refractivity contribution in [3.8, 4) is 0 Å². The summed E-state index contributed by atoms with van der Waals surface area (Å²) in [5, 5.41) is 2.77. The molecule has 0 spiro atoms. The standard InChI is InChI=1S/C25H19F3N2O2/c26-25(27,28)16-9-11-17(12-10-16)29-23(31)21-19-7-3-4-8-20(19)24(32)30-14-13-15-5-1-2-6-18(15)22(21)30/h1-12,21-22H,13-14H2,(H,29,31)/t21-,22-/m0/s1. The molecule has 5 rings (SSSR count). The predicted molar refractivity (Wildman–Crippen MR) is 113 cm³/mol. The molecule has 4 nitrogen and oxygen atoms in total. The number of nitrogens with one attached hydrogen (secondary N) is 1. The predicted octanol–water partition coefficient (Wildman–Crippen LogP) is 5.18. The van der Waals surface area contributed by atoms with Gasteiger partial charge in [-0.15, -0.1) is 0 Å². The molecular weight excluding hydrogens is 417 g/mol. The van der Waals surface area contributed by atoms with Crippen LogP contribution in [0.15, 0.2) is 72.8 Å². The fourth-order valence-electron chi connectivity index (χ4n) is 4.72. The summed E-state index contributed by atoms with van der Waals surface area (Å²) in [5.41, 5.74) is 2.61. The third-order valence-corrected chi connectivity index (χ3v) is 6.20. The van der Waals surface area contributed by atoms with Gasteiger partial charge in [-0.3, -0.25) is 9.59 Å². The summed E-state index contributed by atoms with van der Waals surface area (Å²) in [6.45, 7) is 0.499. The summed E-state index contributed by atoms with van der Waals surface area (Å²) >= 11 is 0. The summed E-state index contributed by atoms with van der Waals surface area (Å²) in [6.07, 6.45) is -3.74. The first-order chi connectivity index (χ1) is 15.3. The Labute approximate surface area is 182 Å². The monoisotopic (exact) mass is 436 g/mol. The van der Waals surface area contributed by atoms with Crippen LogP contribution in [0.2, 0.25) is 0 Å². The van der Waals surface area contributed by atoms with Gasteiger partial charge in [0.2, 0.25) is 5.91 Å². The minimum absolute atomic E-state index is 0.112. The quantitative estimate of drug-likeness (QED) is 0.602. The zero-order valence-corrected chi connectivity index (χ0v) is 16.9. The Morgan fingerprint density at radius 1 is 0.906 bits per heavy atom. The SMILES string of the molecule is O=C(Nc1ccc(C(F)(F)F)cc1)[C@H]1c2ccccc2C(=O)N2CCc3ccccc3[C@@H]12. The third-order valence-electron chi connectivity index (χ3n) is 6.20. The molecule has 0 aromatic heterocycles. The lowest BCUT2D eigenvalue weighted by atomic mass is 9.76. The molecule has 2 heterocycles. The van der Waals surface area contributed by atoms with Crippen LogP contribution in [0.3, 0.4) is 0 Å². The number of hydrogen-bond donors (Lipinski definition) is 1. The van der Waals surface area contributed by atoms with E-state index in [1.165, 1.54) is 12.1 Å². The number of nitrogens with zero attached hydrogens (tertiary/aromatic N) is 1. The van der Waals surface area contributed by atoms with Crippen LogP contribution in [-0.4, -0.2) is 23.3 Å². The van der Waals surface area contributed by atoms with Crippen molar-refractivity contribution in [1.82, 2.24) is 4.90 Å². The van der Waals surface area contributed by atoms with E-state index < -0.39 is 23.7 Å². The minimum atomic E-state index is -4.45. The van der Waals surface area contributed by atoms with E-state index in [4.69, 9.17) is 0 Å². The zero-order valence-electron chi connectivity index (χ0n) is 16.9. The Hall–Kier alpha value is -3.61. The van der Waals surface area contributed by atoms with E-state index in [0.29, 0.717) is 24.1 Å². The van der Waals surface area contributed by atoms with E-state index in [0.717, 1.165) is 23.3 Å². The Morgan fingerprint density at radius 3 is 2.28 bits per heavy atom. The maximum absolute atomic E-state index is 13.5. The third kappa shape index (κ3) is 3.34. The second kappa shape index (κ2) is 7.51. The topological polar surface area (TPSA) is 49.4 Å². The van der Waals surface area contributed by atoms with Crippen molar-refractivity contribution >= 4 is 17.5 Å². The van der Waals surface area contributed by atoms with Gasteiger partial charge in [-0.25, -0.2) is 0 Å². The van der Waals surface area contributed by atoms with Crippen molar-refractivity contribution in [1.29, 1.82) is 0 Å². The van der Waals surface area contributed by atoms with Crippen LogP contribution in [0, 0.1) is 0 Å². The van der Waals surface area contributed by atoms with Crippen molar-refractivity contribution < 1.29 is 22.8 Å². The minimum Gasteiger partial charge on any atom is -0.330 e. The van der Waals surface area contributed by atoms with E-state index in [-0.39, 0.29) is 17.5 Å². The molecule has 0 aliphatic carbocycles. The van der Waals surface area contributed by atoms with Crippen LogP contribution in [0.5, 0.6) is 0 Å². The molecule has 1 N–H and O–H groups in total. The molecule has 3 aromatic rings. The Balaban J connectivity index is 1.55. The first kappa shape index (κ1) is 20.3. The number of rotatable bonds is 2. The normalized spacial score (nSPS) is 19.6. The molecule has 0 saturated carbocycles. The van der Waals surface area contributed by atoms with Crippen LogP contribution in [0.25, 0.3) is 0 Å². The zero-order chi connectivity index (χ0) is 22.5. The molecule has 162 valence electrons. The molecule has 3 aromatic carbocycles. The van der Waals surface area contributed by atoms with Gasteiger partial charge < -0.3 is 10.2 Å². The maximum atomic E-state index is 13.5. The average molecular weight is 436 g/mol. The first-order valence-electron chi connectivity index (χ1n) is 10.3. The van der Waals surface area contributed by atoms with E-state index in [1.54, 1.807) is 29.2 Å². The maximum Gasteiger partial charge on any atom is 0.416 e. The lowest BCUT2D eigenvalue weighted by Crippen LogP contribution is -2.49. The lowest BCUT2D eigenvalue weighted by molar-refractivity contribution is -0.137. The highest BCUT2D eigenvalue weighted by molar-refractivity contribution is 6.04. The van der Waals surface area contributed by atoms with Gasteiger partial charge in [-0.1, -0.05) is 42.5 Å². The van der Waals surface area contributed by atoms with E-state index in [9.17, 15) is 22.8 Å². The molecule has 0 saturated heterocycles. The van der Waals surface area contributed by atoms with Gasteiger partial charge in [0.15, 0.2) is 0 Å². The Morgan fingerprint density at radius 2 is 1.56 bits per heavy atom. The number of halogens is 3. The van der Waals surface area contributed by atoms with E-state index >= 15 is 0 Å². The number of amides is 2. The number of anilines is 1. The molecule has 7 heteroatoms. The first-order valence-corrected chi connectivity index (χ1v) is 10.3. The molecule has 0 bridgehead atoms. The number of alkyl halides is 3. The molecule has 0 fully saturated rings. The summed E-state index contributed by atoms with van der Waals surface area (Å²) in [7, 11) is 0. The molecule has 2 aliphatic heterocycles. The Kier molecular flexibility index (Phi) is 4.77. The van der Waals surface area contributed by atoms with Gasteiger partial charge in [-0.2, -0.15) is 13.2 Å². The molecule has 0 unspecified atom stereocenters. The van der Waals surface area contributed by atoms with Crippen LogP contribution < -0.4 is 5.32 Å². The molecule has 2 atom stereocenters. The van der Waals surface area contributed by atoms with Crippen LogP contribution in [0.4, 0.5) is 18.9 Å². The Bertz CT molecular complexity index is 1200. The largest absolute Gasteiger partial charge is 0.416 e. The summed E-state index contributed by atoms with van der Waals surface area (Å²) in [4.78, 5) is 28.5. The fraction of sp³-hybridized carbons (Fsp3) is 0.200. The highest BCUT2D eigenvalue weighted by Crippen LogP contribution is 2.46. The second-order valence-corrected chi connectivity index (χ2v) is 8.02. The second-order valence-electron chi connectivity index (χ2n) is 8.02. The number of benzene rings is 3. The summed E-state index contributed by atoms with van der Waals surface area (Å²) in [5.74, 6) is -1.16. The molecule has 32 heavy (non-hydrogen) atoms. The van der Waals surface area contributed by atoms with Gasteiger partial charge in [0.05, 0.1) is 17.5 Å². The van der Waals surface area contributed by atoms with Gasteiger partial charge >= 0.3 is 6.18 Å². The van der Waals surface area contributed by atoms with Crippen LogP contribution in [0.1, 0.15) is 44.6 Å².